The maximum atomic E-state index is 14.8. The van der Waals surface area contributed by atoms with Crippen LogP contribution in [0.1, 0.15) is 75.6 Å². The molecule has 9 heteroatoms. The van der Waals surface area contributed by atoms with Crippen LogP contribution in [0.25, 0.3) is 0 Å². The van der Waals surface area contributed by atoms with Gasteiger partial charge >= 0.3 is 0 Å². The van der Waals surface area contributed by atoms with Crippen molar-refractivity contribution in [3.8, 4) is 11.5 Å². The number of benzene rings is 3. The van der Waals surface area contributed by atoms with E-state index in [2.05, 4.69) is 5.32 Å². The number of aliphatic hydroxyl groups is 1. The Hall–Kier alpha value is -3.95. The zero-order valence-electron chi connectivity index (χ0n) is 25.8. The van der Waals surface area contributed by atoms with Crippen molar-refractivity contribution in [3.63, 3.8) is 0 Å². The van der Waals surface area contributed by atoms with Crippen LogP contribution >= 0.6 is 0 Å². The number of nitrogens with two attached hydrogens (primary N) is 1. The van der Waals surface area contributed by atoms with Gasteiger partial charge in [-0.25, -0.2) is 4.39 Å². The number of hydrogen-bond donors (Lipinski definition) is 3. The van der Waals surface area contributed by atoms with Crippen molar-refractivity contribution in [1.29, 1.82) is 0 Å². The van der Waals surface area contributed by atoms with Gasteiger partial charge in [-0.1, -0.05) is 32.0 Å². The average molecular weight is 594 g/mol. The zero-order valence-corrected chi connectivity index (χ0v) is 25.8. The molecule has 2 amide bonds. The minimum Gasteiger partial charge on any atom is -0.497 e. The molecule has 43 heavy (non-hydrogen) atoms. The van der Waals surface area contributed by atoms with Crippen molar-refractivity contribution in [1.82, 2.24) is 10.2 Å². The largest absolute Gasteiger partial charge is 0.497 e. The van der Waals surface area contributed by atoms with E-state index in [9.17, 15) is 19.1 Å². The molecule has 0 spiro atoms. The number of carbonyl (C=O) groups is 2. The van der Waals surface area contributed by atoms with Crippen LogP contribution in [0, 0.1) is 12.7 Å². The van der Waals surface area contributed by atoms with Crippen molar-refractivity contribution in [2.75, 3.05) is 33.9 Å². The van der Waals surface area contributed by atoms with Crippen molar-refractivity contribution in [2.45, 2.75) is 58.6 Å². The number of hydrogen-bond acceptors (Lipinski definition) is 6. The summed E-state index contributed by atoms with van der Waals surface area (Å²) in [7, 11) is 2.99. The Balaban J connectivity index is 2.09. The van der Waals surface area contributed by atoms with Gasteiger partial charge in [-0.15, -0.1) is 0 Å². The van der Waals surface area contributed by atoms with Crippen LogP contribution in [0.2, 0.25) is 0 Å². The fourth-order valence-electron chi connectivity index (χ4n) is 5.41. The average Bonchev–Trinajstić information content (AvgIpc) is 2.99. The molecule has 0 saturated heterocycles. The van der Waals surface area contributed by atoms with Gasteiger partial charge in [0.1, 0.15) is 5.75 Å². The highest BCUT2D eigenvalue weighted by Gasteiger charge is 2.32. The van der Waals surface area contributed by atoms with E-state index in [0.29, 0.717) is 41.9 Å². The number of aliphatic hydroxyl groups excluding tert-OH is 1. The molecule has 0 fully saturated rings. The summed E-state index contributed by atoms with van der Waals surface area (Å²) >= 11 is 0. The minimum atomic E-state index is -1.06. The maximum absolute atomic E-state index is 14.8. The molecule has 3 aromatic rings. The number of ether oxygens (including phenoxy) is 2. The zero-order chi connectivity index (χ0) is 31.5. The third kappa shape index (κ3) is 8.78. The summed E-state index contributed by atoms with van der Waals surface area (Å²) in [6.07, 6.45) is 0.615. The molecule has 8 nitrogen and oxygen atoms in total. The summed E-state index contributed by atoms with van der Waals surface area (Å²) in [5, 5.41) is 15.0. The van der Waals surface area contributed by atoms with E-state index in [1.54, 1.807) is 37.1 Å². The fourth-order valence-corrected chi connectivity index (χ4v) is 5.41. The molecule has 0 aliphatic heterocycles. The van der Waals surface area contributed by atoms with Crippen LogP contribution in [0.3, 0.4) is 0 Å². The van der Waals surface area contributed by atoms with Gasteiger partial charge in [-0.3, -0.25) is 9.59 Å². The Morgan fingerprint density at radius 3 is 2.28 bits per heavy atom. The molecule has 0 aliphatic rings. The number of methoxy groups -OCH3 is 2. The molecule has 0 unspecified atom stereocenters. The second kappa shape index (κ2) is 16.0. The van der Waals surface area contributed by atoms with E-state index in [1.165, 1.54) is 19.2 Å². The van der Waals surface area contributed by atoms with Crippen LogP contribution < -0.4 is 20.5 Å². The summed E-state index contributed by atoms with van der Waals surface area (Å²) in [6.45, 7) is 7.48. The molecule has 232 valence electrons. The molecule has 0 radical (unpaired) electrons. The Kier molecular flexibility index (Phi) is 12.5. The van der Waals surface area contributed by atoms with Crippen molar-refractivity contribution < 1.29 is 28.6 Å². The summed E-state index contributed by atoms with van der Waals surface area (Å²) in [5.74, 6) is -1.42. The molecule has 0 aromatic heterocycles. The van der Waals surface area contributed by atoms with Crippen LogP contribution in [0.4, 0.5) is 4.39 Å². The van der Waals surface area contributed by atoms with E-state index in [4.69, 9.17) is 15.2 Å². The lowest BCUT2D eigenvalue weighted by Gasteiger charge is -2.30. The van der Waals surface area contributed by atoms with Crippen molar-refractivity contribution >= 4 is 11.8 Å². The monoisotopic (exact) mass is 593 g/mol. The number of nitrogens with one attached hydrogen (secondary N) is 1. The van der Waals surface area contributed by atoms with Gasteiger partial charge in [0.25, 0.3) is 5.91 Å². The first-order valence-electron chi connectivity index (χ1n) is 14.7. The van der Waals surface area contributed by atoms with E-state index in [-0.39, 0.29) is 30.2 Å². The number of primary amides is 1. The van der Waals surface area contributed by atoms with Crippen LogP contribution in [0.5, 0.6) is 11.5 Å². The van der Waals surface area contributed by atoms with Gasteiger partial charge < -0.3 is 30.5 Å². The molecule has 4 N–H and O–H groups in total. The normalized spacial score (nSPS) is 12.4. The van der Waals surface area contributed by atoms with E-state index in [0.717, 1.165) is 24.2 Å². The predicted octanol–water partition coefficient (Wildman–Crippen LogP) is 4.99. The van der Waals surface area contributed by atoms with E-state index in [1.807, 2.05) is 38.1 Å². The third-order valence-corrected chi connectivity index (χ3v) is 7.42. The predicted molar refractivity (Wildman–Crippen MR) is 166 cm³/mol. The standard InChI is InChI=1S/C34H44FN3O5/c1-6-13-38(14-7-2)34(41)28-16-22(3)15-27(33(36)40)32(28)26(18-23-11-12-31(43-5)29(35)19-23)30(39)21-37-20-24-9-8-10-25(17-24)42-4/h8-12,15-17,19,26,30,37,39H,6-7,13-14,18,20-21H2,1-5H3,(H2,36,40)/t26-,30+/m1/s1. The lowest BCUT2D eigenvalue weighted by atomic mass is 9.80. The lowest BCUT2D eigenvalue weighted by Crippen LogP contribution is -2.37. The first-order chi connectivity index (χ1) is 20.6. The highest BCUT2D eigenvalue weighted by molar-refractivity contribution is 6.02. The van der Waals surface area contributed by atoms with Crippen LogP contribution in [-0.4, -0.2) is 61.8 Å². The molecule has 3 aromatic carbocycles. The number of nitrogens with zero attached hydrogens (tertiary/aromatic N) is 1. The number of carbonyl (C=O) groups excluding carboxylic acids is 2. The van der Waals surface area contributed by atoms with Gasteiger partial charge in [0.15, 0.2) is 11.6 Å². The summed E-state index contributed by atoms with van der Waals surface area (Å²) in [6, 6.07) is 15.6. The number of halogens is 1. The highest BCUT2D eigenvalue weighted by atomic mass is 19.1. The smallest absolute Gasteiger partial charge is 0.254 e. The van der Waals surface area contributed by atoms with Crippen LogP contribution in [-0.2, 0) is 13.0 Å². The first-order valence-corrected chi connectivity index (χ1v) is 14.7. The summed E-state index contributed by atoms with van der Waals surface area (Å²) in [4.78, 5) is 28.7. The maximum Gasteiger partial charge on any atom is 0.254 e. The number of amides is 2. The van der Waals surface area contributed by atoms with Crippen LogP contribution in [0.15, 0.2) is 54.6 Å². The Labute approximate surface area is 254 Å². The molecule has 3 rings (SSSR count). The number of aryl methyl sites for hydroxylation is 1. The Morgan fingerprint density at radius 2 is 1.67 bits per heavy atom. The molecule has 0 aliphatic carbocycles. The molecular weight excluding hydrogens is 549 g/mol. The highest BCUT2D eigenvalue weighted by Crippen LogP contribution is 2.34. The lowest BCUT2D eigenvalue weighted by molar-refractivity contribution is 0.0751. The fraction of sp³-hybridized carbons (Fsp3) is 0.412. The van der Waals surface area contributed by atoms with Gasteiger partial charge in [0.2, 0.25) is 5.91 Å². The van der Waals surface area contributed by atoms with Crippen molar-refractivity contribution in [3.05, 3.63) is 93.8 Å². The topological polar surface area (TPSA) is 114 Å². The quantitative estimate of drug-likeness (QED) is 0.216. The SMILES string of the molecule is CCCN(CCC)C(=O)c1cc(C)cc(C(N)=O)c1[C@H](Cc1ccc(OC)c(F)c1)[C@@H](O)CNCc1cccc(OC)c1. The minimum absolute atomic E-state index is 0.0969. The summed E-state index contributed by atoms with van der Waals surface area (Å²) in [5.41, 5.74) is 8.98. The Morgan fingerprint density at radius 1 is 0.977 bits per heavy atom. The third-order valence-electron chi connectivity index (χ3n) is 7.42. The second-order valence-electron chi connectivity index (χ2n) is 10.8. The summed E-state index contributed by atoms with van der Waals surface area (Å²) < 4.78 is 25.1. The van der Waals surface area contributed by atoms with E-state index < -0.39 is 23.7 Å². The number of rotatable bonds is 16. The molecular formula is C34H44FN3O5. The van der Waals surface area contributed by atoms with Gasteiger partial charge in [-0.2, -0.15) is 0 Å². The van der Waals surface area contributed by atoms with E-state index >= 15 is 0 Å². The molecule has 0 heterocycles. The van der Waals surface area contributed by atoms with Gasteiger partial charge in [0, 0.05) is 43.2 Å². The second-order valence-corrected chi connectivity index (χ2v) is 10.8. The first kappa shape index (κ1) is 33.6. The Bertz CT molecular complexity index is 1390. The van der Waals surface area contributed by atoms with Gasteiger partial charge in [0.05, 0.1) is 20.3 Å². The molecule has 0 saturated carbocycles. The molecule has 0 bridgehead atoms. The van der Waals surface area contributed by atoms with Gasteiger partial charge in [-0.05, 0) is 84.8 Å². The molecule has 2 atom stereocenters. The van der Waals surface area contributed by atoms with Crippen molar-refractivity contribution in [2.24, 2.45) is 5.73 Å².